The highest BCUT2D eigenvalue weighted by Crippen LogP contribution is 2.16. The smallest absolute Gasteiger partial charge is 0.408 e. The molecule has 0 bridgehead atoms. The zero-order valence-electron chi connectivity index (χ0n) is 20.0. The standard InChI is InChI=1S/C23H39N5O3/c1-8-23(9-2,28-21(30)31-22(4,5)6)16-26-20(24-7)25-15-14-18-10-12-19(13-11-18)27-17(3)29/h10-13H,8-9,14-16H2,1-7H3,(H,27,29)(H,28,30)(H2,24,25,26). The highest BCUT2D eigenvalue weighted by Gasteiger charge is 2.30. The van der Waals surface area contributed by atoms with Gasteiger partial charge >= 0.3 is 6.09 Å². The minimum atomic E-state index is -0.539. The lowest BCUT2D eigenvalue weighted by Gasteiger charge is -2.34. The third-order valence-corrected chi connectivity index (χ3v) is 4.92. The van der Waals surface area contributed by atoms with Crippen molar-refractivity contribution >= 4 is 23.6 Å². The number of guanidine groups is 1. The van der Waals surface area contributed by atoms with Crippen LogP contribution in [0, 0.1) is 0 Å². The van der Waals surface area contributed by atoms with E-state index in [1.165, 1.54) is 6.92 Å². The molecule has 0 atom stereocenters. The van der Waals surface area contributed by atoms with Gasteiger partial charge in [-0.15, -0.1) is 0 Å². The summed E-state index contributed by atoms with van der Waals surface area (Å²) in [6.07, 6.45) is 1.91. The van der Waals surface area contributed by atoms with E-state index < -0.39 is 17.2 Å². The number of aliphatic imine (C=N–C) groups is 1. The van der Waals surface area contributed by atoms with Gasteiger partial charge in [-0.05, 0) is 57.7 Å². The maximum atomic E-state index is 12.3. The van der Waals surface area contributed by atoms with Crippen LogP contribution < -0.4 is 21.3 Å². The van der Waals surface area contributed by atoms with E-state index in [1.807, 2.05) is 58.9 Å². The Labute approximate surface area is 186 Å². The molecule has 0 aliphatic rings. The van der Waals surface area contributed by atoms with Gasteiger partial charge in [-0.2, -0.15) is 0 Å². The van der Waals surface area contributed by atoms with Crippen molar-refractivity contribution in [2.75, 3.05) is 25.5 Å². The van der Waals surface area contributed by atoms with Crippen molar-refractivity contribution in [3.63, 3.8) is 0 Å². The van der Waals surface area contributed by atoms with E-state index in [2.05, 4.69) is 26.3 Å². The van der Waals surface area contributed by atoms with Gasteiger partial charge in [0.15, 0.2) is 5.96 Å². The Bertz CT molecular complexity index is 735. The molecule has 0 spiro atoms. The third-order valence-electron chi connectivity index (χ3n) is 4.92. The molecule has 0 saturated carbocycles. The van der Waals surface area contributed by atoms with Crippen LogP contribution in [0.25, 0.3) is 0 Å². The number of rotatable bonds is 9. The Morgan fingerprint density at radius 2 is 1.65 bits per heavy atom. The number of benzene rings is 1. The molecule has 1 aromatic rings. The fourth-order valence-electron chi connectivity index (χ4n) is 3.00. The van der Waals surface area contributed by atoms with Gasteiger partial charge < -0.3 is 26.0 Å². The number of alkyl carbamates (subject to hydrolysis) is 1. The van der Waals surface area contributed by atoms with Gasteiger partial charge in [0.05, 0.1) is 5.54 Å². The molecule has 31 heavy (non-hydrogen) atoms. The Balaban J connectivity index is 2.56. The predicted molar refractivity (Wildman–Crippen MR) is 126 cm³/mol. The number of hydrogen-bond acceptors (Lipinski definition) is 4. The molecular formula is C23H39N5O3. The second kappa shape index (κ2) is 12.2. The number of nitrogens with one attached hydrogen (secondary N) is 4. The fraction of sp³-hybridized carbons (Fsp3) is 0.609. The summed E-state index contributed by atoms with van der Waals surface area (Å²) in [5.74, 6) is 0.591. The van der Waals surface area contributed by atoms with Crippen molar-refractivity contribution in [1.82, 2.24) is 16.0 Å². The Morgan fingerprint density at radius 3 is 2.13 bits per heavy atom. The van der Waals surface area contributed by atoms with Gasteiger partial charge in [0.1, 0.15) is 5.60 Å². The van der Waals surface area contributed by atoms with Crippen molar-refractivity contribution in [1.29, 1.82) is 0 Å². The quantitative estimate of drug-likeness (QED) is 0.353. The first-order valence-corrected chi connectivity index (χ1v) is 10.8. The lowest BCUT2D eigenvalue weighted by atomic mass is 9.93. The summed E-state index contributed by atoms with van der Waals surface area (Å²) < 4.78 is 5.43. The lowest BCUT2D eigenvalue weighted by molar-refractivity contribution is -0.114. The molecule has 1 aromatic carbocycles. The number of carbonyl (C=O) groups excluding carboxylic acids is 2. The molecule has 8 heteroatoms. The molecule has 0 aromatic heterocycles. The van der Waals surface area contributed by atoms with E-state index in [4.69, 9.17) is 4.74 Å². The van der Waals surface area contributed by atoms with E-state index in [0.717, 1.165) is 30.5 Å². The normalized spacial score (nSPS) is 12.2. The van der Waals surface area contributed by atoms with Crippen LogP contribution in [0.3, 0.4) is 0 Å². The summed E-state index contributed by atoms with van der Waals surface area (Å²) in [7, 11) is 1.72. The SMILES string of the molecule is CCC(CC)(CNC(=NC)NCCc1ccc(NC(C)=O)cc1)NC(=O)OC(C)(C)C. The maximum absolute atomic E-state index is 12.3. The molecule has 0 saturated heterocycles. The van der Waals surface area contributed by atoms with Crippen molar-refractivity contribution in [3.05, 3.63) is 29.8 Å². The Hall–Kier alpha value is -2.77. The second-order valence-corrected chi connectivity index (χ2v) is 8.59. The molecule has 0 radical (unpaired) electrons. The highest BCUT2D eigenvalue weighted by molar-refractivity contribution is 5.88. The number of anilines is 1. The Morgan fingerprint density at radius 1 is 1.03 bits per heavy atom. The average molecular weight is 434 g/mol. The largest absolute Gasteiger partial charge is 0.444 e. The fourth-order valence-corrected chi connectivity index (χ4v) is 3.00. The molecular weight excluding hydrogens is 394 g/mol. The molecule has 174 valence electrons. The number of carbonyl (C=O) groups is 2. The number of hydrogen-bond donors (Lipinski definition) is 4. The van der Waals surface area contributed by atoms with E-state index >= 15 is 0 Å². The van der Waals surface area contributed by atoms with E-state index in [1.54, 1.807) is 7.05 Å². The van der Waals surface area contributed by atoms with Gasteiger partial charge in [-0.3, -0.25) is 9.79 Å². The van der Waals surface area contributed by atoms with E-state index in [9.17, 15) is 9.59 Å². The predicted octanol–water partition coefficient (Wildman–Crippen LogP) is 3.44. The molecule has 8 nitrogen and oxygen atoms in total. The first kappa shape index (κ1) is 26.3. The molecule has 0 aliphatic carbocycles. The van der Waals surface area contributed by atoms with Crippen molar-refractivity contribution in [2.24, 2.45) is 4.99 Å². The summed E-state index contributed by atoms with van der Waals surface area (Å²) in [5.41, 5.74) is 0.970. The number of nitrogens with zero attached hydrogens (tertiary/aromatic N) is 1. The summed E-state index contributed by atoms with van der Waals surface area (Å²) in [6.45, 7) is 12.4. The first-order valence-electron chi connectivity index (χ1n) is 10.8. The molecule has 4 N–H and O–H groups in total. The van der Waals surface area contributed by atoms with Crippen molar-refractivity contribution < 1.29 is 14.3 Å². The van der Waals surface area contributed by atoms with Crippen LogP contribution in [0.5, 0.6) is 0 Å². The number of amides is 2. The lowest BCUT2D eigenvalue weighted by Crippen LogP contribution is -2.57. The van der Waals surface area contributed by atoms with Crippen LogP contribution in [0.4, 0.5) is 10.5 Å². The minimum Gasteiger partial charge on any atom is -0.444 e. The molecule has 1 rings (SSSR count). The average Bonchev–Trinajstić information content (AvgIpc) is 2.69. The monoisotopic (exact) mass is 433 g/mol. The second-order valence-electron chi connectivity index (χ2n) is 8.59. The van der Waals surface area contributed by atoms with Crippen molar-refractivity contribution in [2.45, 2.75) is 71.9 Å². The van der Waals surface area contributed by atoms with Crippen LogP contribution in [-0.2, 0) is 16.0 Å². The van der Waals surface area contributed by atoms with Crippen LogP contribution in [0.2, 0.25) is 0 Å². The van der Waals surface area contributed by atoms with Gasteiger partial charge in [0.2, 0.25) is 5.91 Å². The van der Waals surface area contributed by atoms with Crippen LogP contribution in [0.1, 0.15) is 59.9 Å². The van der Waals surface area contributed by atoms with E-state index in [-0.39, 0.29) is 5.91 Å². The summed E-state index contributed by atoms with van der Waals surface area (Å²) >= 11 is 0. The van der Waals surface area contributed by atoms with Gasteiger partial charge in [0, 0.05) is 32.7 Å². The Kier molecular flexibility index (Phi) is 10.3. The molecule has 0 heterocycles. The summed E-state index contributed by atoms with van der Waals surface area (Å²) in [6, 6.07) is 7.77. The molecule has 0 aliphatic heterocycles. The zero-order chi connectivity index (χ0) is 23.5. The van der Waals surface area contributed by atoms with E-state index in [0.29, 0.717) is 19.0 Å². The highest BCUT2D eigenvalue weighted by atomic mass is 16.6. The van der Waals surface area contributed by atoms with Crippen LogP contribution >= 0.6 is 0 Å². The van der Waals surface area contributed by atoms with Gasteiger partial charge in [0.25, 0.3) is 0 Å². The van der Waals surface area contributed by atoms with Crippen molar-refractivity contribution in [3.8, 4) is 0 Å². The van der Waals surface area contributed by atoms with Gasteiger partial charge in [-0.1, -0.05) is 26.0 Å². The van der Waals surface area contributed by atoms with Gasteiger partial charge in [-0.25, -0.2) is 4.79 Å². The van der Waals surface area contributed by atoms with Crippen LogP contribution in [-0.4, -0.2) is 49.2 Å². The maximum Gasteiger partial charge on any atom is 0.408 e. The molecule has 0 unspecified atom stereocenters. The summed E-state index contributed by atoms with van der Waals surface area (Å²) in [4.78, 5) is 27.7. The first-order chi connectivity index (χ1) is 14.5. The zero-order valence-corrected chi connectivity index (χ0v) is 20.0. The molecule has 0 fully saturated rings. The number of ether oxygens (including phenoxy) is 1. The van der Waals surface area contributed by atoms with Crippen LogP contribution in [0.15, 0.2) is 29.3 Å². The minimum absolute atomic E-state index is 0.0827. The summed E-state index contributed by atoms with van der Waals surface area (Å²) in [5, 5.41) is 12.4. The molecule has 2 amide bonds. The third kappa shape index (κ3) is 10.2. The topological polar surface area (TPSA) is 104 Å².